The van der Waals surface area contributed by atoms with Crippen LogP contribution in [0.1, 0.15) is 0 Å². The molecular formula is C9H7BrF5NO3S. The van der Waals surface area contributed by atoms with Crippen molar-refractivity contribution in [1.82, 2.24) is 4.72 Å². The predicted octanol–water partition coefficient (Wildman–Crippen LogP) is 2.89. The van der Waals surface area contributed by atoms with Crippen LogP contribution in [-0.4, -0.2) is 27.8 Å². The van der Waals surface area contributed by atoms with Crippen LogP contribution in [0.4, 0.5) is 22.0 Å². The number of hydrogen-bond acceptors (Lipinski definition) is 3. The number of rotatable bonds is 5. The minimum absolute atomic E-state index is 0.129. The van der Waals surface area contributed by atoms with Crippen molar-refractivity contribution in [2.75, 3.05) is 6.54 Å². The molecule has 20 heavy (non-hydrogen) atoms. The SMILES string of the molecule is O=S(=O)(NCC(F)F)c1ccc(Br)cc1OC(F)(F)F. The van der Waals surface area contributed by atoms with Crippen molar-refractivity contribution in [1.29, 1.82) is 0 Å². The smallest absolute Gasteiger partial charge is 0.404 e. The van der Waals surface area contributed by atoms with E-state index in [-0.39, 0.29) is 4.47 Å². The lowest BCUT2D eigenvalue weighted by Crippen LogP contribution is -2.29. The minimum atomic E-state index is -5.12. The molecule has 1 N–H and O–H groups in total. The van der Waals surface area contributed by atoms with Crippen LogP contribution >= 0.6 is 15.9 Å². The molecule has 0 radical (unpaired) electrons. The second-order valence-corrected chi connectivity index (χ2v) is 6.03. The first-order chi connectivity index (χ1) is 9.01. The molecule has 0 unspecified atom stereocenters. The highest BCUT2D eigenvalue weighted by atomic mass is 79.9. The van der Waals surface area contributed by atoms with Crippen LogP contribution in [0.15, 0.2) is 27.6 Å². The molecule has 0 fully saturated rings. The van der Waals surface area contributed by atoms with Gasteiger partial charge in [-0.05, 0) is 18.2 Å². The van der Waals surface area contributed by atoms with E-state index in [1.807, 2.05) is 0 Å². The summed E-state index contributed by atoms with van der Waals surface area (Å²) in [5.74, 6) is -1.02. The Morgan fingerprint density at radius 2 is 1.90 bits per heavy atom. The average molecular weight is 384 g/mol. The normalized spacial score (nSPS) is 12.8. The standard InChI is InChI=1S/C9H7BrF5NO3S/c10-5-1-2-7(6(3-5)19-9(13,14)15)20(17,18)16-4-8(11)12/h1-3,8,16H,4H2. The van der Waals surface area contributed by atoms with Crippen molar-refractivity contribution in [3.05, 3.63) is 22.7 Å². The summed E-state index contributed by atoms with van der Waals surface area (Å²) < 4.78 is 89.0. The molecule has 0 atom stereocenters. The Bertz CT molecular complexity index is 575. The second kappa shape index (κ2) is 6.22. The summed E-state index contributed by atoms with van der Waals surface area (Å²) in [6, 6.07) is 2.71. The fourth-order valence-corrected chi connectivity index (χ4v) is 2.61. The van der Waals surface area contributed by atoms with Crippen molar-refractivity contribution < 1.29 is 35.1 Å². The third-order valence-corrected chi connectivity index (χ3v) is 3.80. The number of sulfonamides is 1. The molecule has 11 heteroatoms. The fraction of sp³-hybridized carbons (Fsp3) is 0.333. The Morgan fingerprint density at radius 1 is 1.30 bits per heavy atom. The molecule has 1 aromatic rings. The zero-order valence-electron chi connectivity index (χ0n) is 9.42. The number of halogens is 6. The van der Waals surface area contributed by atoms with Gasteiger partial charge in [-0.25, -0.2) is 21.9 Å². The summed E-state index contributed by atoms with van der Waals surface area (Å²) >= 11 is 2.85. The molecule has 0 bridgehead atoms. The average Bonchev–Trinajstić information content (AvgIpc) is 2.24. The third-order valence-electron chi connectivity index (χ3n) is 1.85. The van der Waals surface area contributed by atoms with E-state index in [1.54, 1.807) is 0 Å². The number of nitrogens with one attached hydrogen (secondary N) is 1. The Hall–Kier alpha value is -0.940. The molecule has 0 aliphatic rings. The van der Waals surface area contributed by atoms with Gasteiger partial charge in [-0.2, -0.15) is 0 Å². The lowest BCUT2D eigenvalue weighted by atomic mass is 10.3. The van der Waals surface area contributed by atoms with Crippen molar-refractivity contribution in [2.45, 2.75) is 17.7 Å². The van der Waals surface area contributed by atoms with Crippen molar-refractivity contribution in [3.63, 3.8) is 0 Å². The summed E-state index contributed by atoms with van der Waals surface area (Å²) in [7, 11) is -4.55. The van der Waals surface area contributed by atoms with E-state index in [0.29, 0.717) is 0 Å². The van der Waals surface area contributed by atoms with Crippen molar-refractivity contribution >= 4 is 26.0 Å². The third kappa shape index (κ3) is 5.21. The predicted molar refractivity (Wildman–Crippen MR) is 62.0 cm³/mol. The quantitative estimate of drug-likeness (QED) is 0.795. The van der Waals surface area contributed by atoms with E-state index in [9.17, 15) is 30.4 Å². The molecule has 0 aliphatic carbocycles. The summed E-state index contributed by atoms with van der Waals surface area (Å²) in [5, 5.41) is 0. The Morgan fingerprint density at radius 3 is 2.40 bits per heavy atom. The highest BCUT2D eigenvalue weighted by Gasteiger charge is 2.34. The van der Waals surface area contributed by atoms with Gasteiger partial charge in [0.1, 0.15) is 4.90 Å². The monoisotopic (exact) mass is 383 g/mol. The summed E-state index contributed by atoms with van der Waals surface area (Å²) in [6.07, 6.45) is -8.10. The molecule has 0 spiro atoms. The van der Waals surface area contributed by atoms with Gasteiger partial charge in [0.05, 0.1) is 6.54 Å². The molecule has 1 rings (SSSR count). The van der Waals surface area contributed by atoms with Gasteiger partial charge < -0.3 is 4.74 Å². The van der Waals surface area contributed by atoms with E-state index in [4.69, 9.17) is 0 Å². The van der Waals surface area contributed by atoms with E-state index in [1.165, 1.54) is 4.72 Å². The summed E-state index contributed by atoms with van der Waals surface area (Å²) in [4.78, 5) is -0.890. The maximum Gasteiger partial charge on any atom is 0.573 e. The number of ether oxygens (including phenoxy) is 1. The molecule has 0 heterocycles. The fourth-order valence-electron chi connectivity index (χ4n) is 1.16. The zero-order valence-corrected chi connectivity index (χ0v) is 11.8. The molecule has 4 nitrogen and oxygen atoms in total. The van der Waals surface area contributed by atoms with Crippen LogP contribution in [0, 0.1) is 0 Å². The maximum absolute atomic E-state index is 12.2. The molecule has 0 saturated carbocycles. The van der Waals surface area contributed by atoms with Gasteiger partial charge in [0.15, 0.2) is 5.75 Å². The molecular weight excluding hydrogens is 377 g/mol. The minimum Gasteiger partial charge on any atom is -0.404 e. The Kier molecular flexibility index (Phi) is 5.33. The molecule has 114 valence electrons. The summed E-state index contributed by atoms with van der Waals surface area (Å²) in [6.45, 7) is -1.22. The second-order valence-electron chi connectivity index (χ2n) is 3.38. The van der Waals surface area contributed by atoms with E-state index < -0.39 is 40.0 Å². The van der Waals surface area contributed by atoms with Crippen LogP contribution in [0.2, 0.25) is 0 Å². The number of alkyl halides is 5. The lowest BCUT2D eigenvalue weighted by Gasteiger charge is -2.14. The number of benzene rings is 1. The van der Waals surface area contributed by atoms with Crippen LogP contribution < -0.4 is 9.46 Å². The number of hydrogen-bond donors (Lipinski definition) is 1. The van der Waals surface area contributed by atoms with Gasteiger partial charge in [0.25, 0.3) is 6.43 Å². The summed E-state index contributed by atoms with van der Waals surface area (Å²) in [5.41, 5.74) is 0. The molecule has 0 aromatic heterocycles. The van der Waals surface area contributed by atoms with E-state index in [0.717, 1.165) is 18.2 Å². The van der Waals surface area contributed by atoms with Gasteiger partial charge >= 0.3 is 6.36 Å². The highest BCUT2D eigenvalue weighted by Crippen LogP contribution is 2.32. The topological polar surface area (TPSA) is 55.4 Å². The van der Waals surface area contributed by atoms with Crippen LogP contribution in [0.5, 0.6) is 5.75 Å². The molecule has 1 aromatic carbocycles. The van der Waals surface area contributed by atoms with Gasteiger partial charge in [-0.3, -0.25) is 0 Å². The zero-order chi connectivity index (χ0) is 15.6. The first kappa shape index (κ1) is 17.1. The van der Waals surface area contributed by atoms with E-state index >= 15 is 0 Å². The highest BCUT2D eigenvalue weighted by molar-refractivity contribution is 9.10. The van der Waals surface area contributed by atoms with Gasteiger partial charge in [0.2, 0.25) is 10.0 Å². The first-order valence-electron chi connectivity index (χ1n) is 4.84. The lowest BCUT2D eigenvalue weighted by molar-refractivity contribution is -0.275. The van der Waals surface area contributed by atoms with Crippen molar-refractivity contribution in [2.24, 2.45) is 0 Å². The van der Waals surface area contributed by atoms with Crippen LogP contribution in [0.3, 0.4) is 0 Å². The van der Waals surface area contributed by atoms with Gasteiger partial charge in [0, 0.05) is 4.47 Å². The van der Waals surface area contributed by atoms with Crippen LogP contribution in [0.25, 0.3) is 0 Å². The van der Waals surface area contributed by atoms with Crippen molar-refractivity contribution in [3.8, 4) is 5.75 Å². The Labute approximate surface area is 119 Å². The molecule has 0 amide bonds. The molecule has 0 aliphatic heterocycles. The van der Waals surface area contributed by atoms with Gasteiger partial charge in [-0.15, -0.1) is 13.2 Å². The largest absolute Gasteiger partial charge is 0.573 e. The van der Waals surface area contributed by atoms with Crippen LogP contribution in [-0.2, 0) is 10.0 Å². The van der Waals surface area contributed by atoms with E-state index in [2.05, 4.69) is 20.7 Å². The van der Waals surface area contributed by atoms with Gasteiger partial charge in [-0.1, -0.05) is 15.9 Å². The maximum atomic E-state index is 12.2. The molecule has 0 saturated heterocycles. The Balaban J connectivity index is 3.17. The first-order valence-corrected chi connectivity index (χ1v) is 7.12.